The molecule has 0 unspecified atom stereocenters. The first-order chi connectivity index (χ1) is 16.5. The smallest absolute Gasteiger partial charge is 0.255 e. The molecule has 0 spiro atoms. The largest absolute Gasteiger partial charge is 0.496 e. The van der Waals surface area contributed by atoms with E-state index in [1.807, 2.05) is 42.6 Å². The Morgan fingerprint density at radius 2 is 1.97 bits per heavy atom. The van der Waals surface area contributed by atoms with E-state index in [1.54, 1.807) is 19.2 Å². The number of halogens is 2. The van der Waals surface area contributed by atoms with Crippen LogP contribution in [0.4, 0.5) is 0 Å². The number of H-pyrrole nitrogens is 1. The van der Waals surface area contributed by atoms with Gasteiger partial charge in [0.05, 0.1) is 24.1 Å². The number of benzene rings is 2. The van der Waals surface area contributed by atoms with Gasteiger partial charge in [-0.25, -0.2) is 4.98 Å². The lowest BCUT2D eigenvalue weighted by Gasteiger charge is -2.27. The fourth-order valence-electron chi connectivity index (χ4n) is 4.18. The van der Waals surface area contributed by atoms with Crippen molar-refractivity contribution in [3.63, 3.8) is 0 Å². The molecule has 1 aliphatic rings. The van der Waals surface area contributed by atoms with E-state index in [2.05, 4.69) is 36.9 Å². The number of rotatable bonds is 5. The molecule has 0 bridgehead atoms. The van der Waals surface area contributed by atoms with Gasteiger partial charge in [0.15, 0.2) is 0 Å². The molecule has 3 heterocycles. The highest BCUT2D eigenvalue weighted by Gasteiger charge is 2.22. The van der Waals surface area contributed by atoms with Crippen LogP contribution in [0.3, 0.4) is 0 Å². The lowest BCUT2D eigenvalue weighted by Crippen LogP contribution is -2.35. The molecule has 0 saturated heterocycles. The maximum absolute atomic E-state index is 12.8. The Balaban J connectivity index is 1.32. The monoisotopic (exact) mass is 536 g/mol. The van der Waals surface area contributed by atoms with E-state index in [0.29, 0.717) is 23.9 Å². The third-order valence-corrected chi connectivity index (χ3v) is 6.68. The molecule has 2 aromatic carbocycles. The maximum atomic E-state index is 12.8. The zero-order chi connectivity index (χ0) is 23.7. The quantitative estimate of drug-likeness (QED) is 0.365. The Bertz CT molecular complexity index is 1390. The maximum Gasteiger partial charge on any atom is 0.255 e. The van der Waals surface area contributed by atoms with Gasteiger partial charge in [0, 0.05) is 52.9 Å². The summed E-state index contributed by atoms with van der Waals surface area (Å²) in [6, 6.07) is 17.3. The van der Waals surface area contributed by atoms with Gasteiger partial charge in [-0.1, -0.05) is 33.6 Å². The van der Waals surface area contributed by atoms with Crippen molar-refractivity contribution in [3.8, 4) is 28.4 Å². The molecule has 1 N–H and O–H groups in total. The molecule has 0 radical (unpaired) electrons. The van der Waals surface area contributed by atoms with Gasteiger partial charge >= 0.3 is 0 Å². The van der Waals surface area contributed by atoms with E-state index < -0.39 is 0 Å². The molecule has 4 aromatic rings. The topological polar surface area (TPSA) is 71.1 Å². The lowest BCUT2D eigenvalue weighted by molar-refractivity contribution is 0.241. The van der Waals surface area contributed by atoms with E-state index in [-0.39, 0.29) is 5.56 Å². The zero-order valence-corrected chi connectivity index (χ0v) is 20.9. The molecule has 8 heteroatoms. The molecular formula is C26H22BrClN4O2. The third-order valence-electron chi connectivity index (χ3n) is 5.93. The SMILES string of the molecule is COc1ccc(Br)cc1-c1ccc(CN2CCc3nc(-c4ccc(Cl)cc4)[nH]c(=O)c3C2)cn1. The molecule has 0 atom stereocenters. The van der Waals surface area contributed by atoms with Crippen molar-refractivity contribution >= 4 is 27.5 Å². The van der Waals surface area contributed by atoms with E-state index in [0.717, 1.165) is 56.8 Å². The van der Waals surface area contributed by atoms with Crippen LogP contribution in [0.5, 0.6) is 5.75 Å². The molecule has 0 aliphatic carbocycles. The molecule has 0 fully saturated rings. The minimum absolute atomic E-state index is 0.0881. The van der Waals surface area contributed by atoms with Crippen LogP contribution in [0.15, 0.2) is 70.1 Å². The van der Waals surface area contributed by atoms with Crippen LogP contribution < -0.4 is 10.3 Å². The predicted octanol–water partition coefficient (Wildman–Crippen LogP) is 5.48. The number of fused-ring (bicyclic) bond motifs is 1. The third kappa shape index (κ3) is 4.78. The first-order valence-corrected chi connectivity index (χ1v) is 12.1. The summed E-state index contributed by atoms with van der Waals surface area (Å²) in [6.07, 6.45) is 2.61. The van der Waals surface area contributed by atoms with Gasteiger partial charge in [0.1, 0.15) is 11.6 Å². The van der Waals surface area contributed by atoms with Crippen LogP contribution in [0.1, 0.15) is 16.8 Å². The van der Waals surface area contributed by atoms with Crippen LogP contribution in [0.2, 0.25) is 5.02 Å². The standard InChI is InChI=1S/C26H22BrClN4O2/c1-34-24-9-5-18(27)12-20(24)22-8-2-16(13-29-22)14-32-11-10-23-21(15-32)26(33)31-25(30-23)17-3-6-19(28)7-4-17/h2-9,12-13H,10-11,14-15H2,1H3,(H,30,31,33). The second kappa shape index (κ2) is 9.70. The van der Waals surface area contributed by atoms with E-state index in [9.17, 15) is 4.79 Å². The van der Waals surface area contributed by atoms with Crippen molar-refractivity contribution < 1.29 is 4.74 Å². The number of hydrogen-bond acceptors (Lipinski definition) is 5. The van der Waals surface area contributed by atoms with Gasteiger partial charge in [0.2, 0.25) is 0 Å². The Labute approximate surface area is 210 Å². The molecule has 172 valence electrons. The fourth-order valence-corrected chi connectivity index (χ4v) is 4.66. The Hall–Kier alpha value is -3.00. The van der Waals surface area contributed by atoms with Crippen molar-refractivity contribution in [2.75, 3.05) is 13.7 Å². The Morgan fingerprint density at radius 1 is 1.15 bits per heavy atom. The van der Waals surface area contributed by atoms with Crippen molar-refractivity contribution in [2.24, 2.45) is 0 Å². The number of aromatic amines is 1. The van der Waals surface area contributed by atoms with Crippen molar-refractivity contribution in [1.29, 1.82) is 0 Å². The molecule has 2 aromatic heterocycles. The molecule has 34 heavy (non-hydrogen) atoms. The lowest BCUT2D eigenvalue weighted by atomic mass is 10.1. The first-order valence-electron chi connectivity index (χ1n) is 10.9. The second-order valence-electron chi connectivity index (χ2n) is 8.20. The summed E-state index contributed by atoms with van der Waals surface area (Å²) in [5.41, 5.74) is 5.22. The number of ether oxygens (including phenoxy) is 1. The van der Waals surface area contributed by atoms with Crippen LogP contribution >= 0.6 is 27.5 Å². The molecule has 0 saturated carbocycles. The highest BCUT2D eigenvalue weighted by molar-refractivity contribution is 9.10. The summed E-state index contributed by atoms with van der Waals surface area (Å²) in [5.74, 6) is 1.36. The molecule has 6 nitrogen and oxygen atoms in total. The minimum atomic E-state index is -0.0881. The predicted molar refractivity (Wildman–Crippen MR) is 137 cm³/mol. The number of aromatic nitrogens is 3. The summed E-state index contributed by atoms with van der Waals surface area (Å²) in [4.78, 5) is 27.4. The summed E-state index contributed by atoms with van der Waals surface area (Å²) in [6.45, 7) is 2.09. The highest BCUT2D eigenvalue weighted by atomic mass is 79.9. The number of nitrogens with one attached hydrogen (secondary N) is 1. The van der Waals surface area contributed by atoms with Crippen LogP contribution in [-0.2, 0) is 19.5 Å². The van der Waals surface area contributed by atoms with Gasteiger partial charge in [0.25, 0.3) is 5.56 Å². The average Bonchev–Trinajstić information content (AvgIpc) is 2.85. The normalized spacial score (nSPS) is 13.5. The van der Waals surface area contributed by atoms with Gasteiger partial charge in [-0.15, -0.1) is 0 Å². The van der Waals surface area contributed by atoms with E-state index in [4.69, 9.17) is 21.3 Å². The average molecular weight is 538 g/mol. The Kier molecular flexibility index (Phi) is 6.50. The van der Waals surface area contributed by atoms with E-state index in [1.165, 1.54) is 0 Å². The van der Waals surface area contributed by atoms with Gasteiger partial charge < -0.3 is 9.72 Å². The minimum Gasteiger partial charge on any atom is -0.496 e. The number of pyridine rings is 1. The first kappa shape index (κ1) is 22.8. The van der Waals surface area contributed by atoms with Gasteiger partial charge in [-0.05, 0) is 54.1 Å². The summed E-state index contributed by atoms with van der Waals surface area (Å²) in [5, 5.41) is 0.651. The van der Waals surface area contributed by atoms with Gasteiger partial charge in [-0.2, -0.15) is 0 Å². The summed E-state index contributed by atoms with van der Waals surface area (Å²) in [7, 11) is 1.66. The fraction of sp³-hybridized carbons (Fsp3) is 0.192. The second-order valence-corrected chi connectivity index (χ2v) is 9.56. The van der Waals surface area contributed by atoms with Crippen LogP contribution in [0.25, 0.3) is 22.6 Å². The number of nitrogens with zero attached hydrogens (tertiary/aromatic N) is 3. The number of methoxy groups -OCH3 is 1. The molecular weight excluding hydrogens is 516 g/mol. The zero-order valence-electron chi connectivity index (χ0n) is 18.5. The summed E-state index contributed by atoms with van der Waals surface area (Å²) < 4.78 is 6.45. The molecule has 5 rings (SSSR count). The van der Waals surface area contributed by atoms with Crippen molar-refractivity contribution in [2.45, 2.75) is 19.5 Å². The number of hydrogen-bond donors (Lipinski definition) is 1. The van der Waals surface area contributed by atoms with Crippen molar-refractivity contribution in [1.82, 2.24) is 19.9 Å². The van der Waals surface area contributed by atoms with Crippen LogP contribution in [0, 0.1) is 0 Å². The summed E-state index contributed by atoms with van der Waals surface area (Å²) >= 11 is 9.49. The molecule has 1 aliphatic heterocycles. The van der Waals surface area contributed by atoms with Crippen LogP contribution in [-0.4, -0.2) is 33.5 Å². The highest BCUT2D eigenvalue weighted by Crippen LogP contribution is 2.31. The molecule has 0 amide bonds. The Morgan fingerprint density at radius 3 is 2.71 bits per heavy atom. The van der Waals surface area contributed by atoms with Gasteiger partial charge in [-0.3, -0.25) is 14.7 Å². The van der Waals surface area contributed by atoms with E-state index >= 15 is 0 Å². The van der Waals surface area contributed by atoms with Crippen molar-refractivity contribution in [3.05, 3.63) is 97.5 Å².